The summed E-state index contributed by atoms with van der Waals surface area (Å²) in [6.07, 6.45) is 4.72. The van der Waals surface area contributed by atoms with E-state index < -0.39 is 52.9 Å². The topological polar surface area (TPSA) is 145 Å². The molecule has 13 heteroatoms. The van der Waals surface area contributed by atoms with E-state index in [4.69, 9.17) is 11.6 Å². The van der Waals surface area contributed by atoms with Crippen LogP contribution >= 0.6 is 11.6 Å². The van der Waals surface area contributed by atoms with Gasteiger partial charge in [-0.05, 0) is 78.6 Å². The summed E-state index contributed by atoms with van der Waals surface area (Å²) in [4.78, 5) is 62.8. The Balaban J connectivity index is 1.45. The van der Waals surface area contributed by atoms with Crippen molar-refractivity contribution in [2.75, 3.05) is 0 Å². The number of H-pyrrole nitrogens is 1. The van der Waals surface area contributed by atoms with Gasteiger partial charge in [0.15, 0.2) is 0 Å². The van der Waals surface area contributed by atoms with Crippen LogP contribution in [-0.4, -0.2) is 51.2 Å². The minimum Gasteiger partial charge on any atom is -0.357 e. The Morgan fingerprint density at radius 1 is 1.04 bits per heavy atom. The summed E-state index contributed by atoms with van der Waals surface area (Å²) in [5.41, 5.74) is 1.74. The van der Waals surface area contributed by atoms with Gasteiger partial charge in [0.2, 0.25) is 23.6 Å². The van der Waals surface area contributed by atoms with Crippen molar-refractivity contribution in [2.45, 2.75) is 96.8 Å². The molecule has 4 atom stereocenters. The number of amides is 4. The van der Waals surface area contributed by atoms with Gasteiger partial charge in [0.25, 0.3) is 0 Å². The quantitative estimate of drug-likeness (QED) is 0.116. The second-order valence-corrected chi connectivity index (χ2v) is 14.1. The molecule has 4 amide bonds. The van der Waals surface area contributed by atoms with E-state index in [1.54, 1.807) is 43.6 Å². The first-order valence-electron chi connectivity index (χ1n) is 17.7. The molecule has 0 saturated heterocycles. The average Bonchev–Trinajstić information content (AvgIpc) is 3.49. The van der Waals surface area contributed by atoms with Crippen molar-refractivity contribution in [3.8, 4) is 0 Å². The Labute approximate surface area is 306 Å². The molecule has 0 spiro atoms. The highest BCUT2D eigenvalue weighted by Gasteiger charge is 2.46. The van der Waals surface area contributed by atoms with Crippen LogP contribution in [-0.2, 0) is 45.0 Å². The highest BCUT2D eigenvalue weighted by molar-refractivity contribution is 6.35. The number of hydrogen-bond acceptors (Lipinski definition) is 5. The van der Waals surface area contributed by atoms with Crippen LogP contribution < -0.4 is 21.3 Å². The van der Waals surface area contributed by atoms with Gasteiger partial charge in [0.05, 0.1) is 17.0 Å². The SMILES string of the molecule is CCC[C@H](NC(=O)Cc1cccc(C)c1F)C(=O)N[C@]1(C(=O)N[C@H](C(=O)NCc2ccncc2)C(C)CC)CCc2[nH]c3c(Cl)cc(F)cc3c2C1. The lowest BCUT2D eigenvalue weighted by Gasteiger charge is -2.39. The van der Waals surface area contributed by atoms with Gasteiger partial charge in [0, 0.05) is 36.4 Å². The molecule has 2 heterocycles. The lowest BCUT2D eigenvalue weighted by molar-refractivity contribution is -0.138. The Hall–Kier alpha value is -4.84. The number of aromatic nitrogens is 2. The fourth-order valence-corrected chi connectivity index (χ4v) is 7.01. The maximum absolute atomic E-state index is 14.7. The number of hydrogen-bond donors (Lipinski definition) is 5. The second-order valence-electron chi connectivity index (χ2n) is 13.7. The molecule has 0 saturated carbocycles. The normalized spacial score (nSPS) is 17.1. The molecule has 276 valence electrons. The van der Waals surface area contributed by atoms with Crippen LogP contribution in [0.25, 0.3) is 10.9 Å². The van der Waals surface area contributed by atoms with E-state index in [9.17, 15) is 28.0 Å². The number of fused-ring (bicyclic) bond motifs is 3. The molecule has 2 aromatic heterocycles. The summed E-state index contributed by atoms with van der Waals surface area (Å²) in [7, 11) is 0. The minimum atomic E-state index is -1.59. The third-order valence-corrected chi connectivity index (χ3v) is 10.2. The molecule has 0 fully saturated rings. The van der Waals surface area contributed by atoms with Crippen LogP contribution in [0.15, 0.2) is 54.9 Å². The van der Waals surface area contributed by atoms with Gasteiger partial charge in [-0.1, -0.05) is 63.4 Å². The second kappa shape index (κ2) is 16.7. The maximum atomic E-state index is 14.7. The van der Waals surface area contributed by atoms with Gasteiger partial charge < -0.3 is 26.3 Å². The van der Waals surface area contributed by atoms with E-state index in [-0.39, 0.29) is 48.7 Å². The molecule has 0 radical (unpaired) electrons. The number of aryl methyl sites for hydroxylation is 2. The van der Waals surface area contributed by atoms with Crippen molar-refractivity contribution < 1.29 is 28.0 Å². The Morgan fingerprint density at radius 2 is 1.79 bits per heavy atom. The summed E-state index contributed by atoms with van der Waals surface area (Å²) < 4.78 is 29.4. The van der Waals surface area contributed by atoms with Gasteiger partial charge in [-0.2, -0.15) is 0 Å². The van der Waals surface area contributed by atoms with Crippen LogP contribution in [0.2, 0.25) is 5.02 Å². The molecule has 0 bridgehead atoms. The summed E-state index contributed by atoms with van der Waals surface area (Å²) in [5.74, 6) is -3.45. The largest absolute Gasteiger partial charge is 0.357 e. The Kier molecular flexibility index (Phi) is 12.3. The van der Waals surface area contributed by atoms with E-state index in [1.807, 2.05) is 20.8 Å². The van der Waals surface area contributed by atoms with E-state index in [1.165, 1.54) is 18.2 Å². The number of pyridine rings is 1. The number of nitrogens with zero attached hydrogens (tertiary/aromatic N) is 1. The number of halogens is 3. The van der Waals surface area contributed by atoms with Crippen molar-refractivity contribution in [3.63, 3.8) is 0 Å². The summed E-state index contributed by atoms with van der Waals surface area (Å²) in [5, 5.41) is 12.2. The fraction of sp³-hybridized carbons (Fsp3) is 0.410. The molecule has 0 aliphatic heterocycles. The van der Waals surface area contributed by atoms with Crippen molar-refractivity contribution in [1.29, 1.82) is 0 Å². The van der Waals surface area contributed by atoms with Crippen molar-refractivity contribution in [1.82, 2.24) is 31.2 Å². The van der Waals surface area contributed by atoms with E-state index in [2.05, 4.69) is 31.2 Å². The van der Waals surface area contributed by atoms with Crippen LogP contribution in [0.1, 0.15) is 74.4 Å². The maximum Gasteiger partial charge on any atom is 0.246 e. The molecule has 52 heavy (non-hydrogen) atoms. The first-order chi connectivity index (χ1) is 24.8. The molecular formula is C39H45ClF2N6O4. The van der Waals surface area contributed by atoms with Crippen LogP contribution in [0.4, 0.5) is 8.78 Å². The third-order valence-electron chi connectivity index (χ3n) is 9.95. The number of aromatic amines is 1. The predicted molar refractivity (Wildman–Crippen MR) is 195 cm³/mol. The lowest BCUT2D eigenvalue weighted by atomic mass is 9.78. The van der Waals surface area contributed by atoms with E-state index >= 15 is 0 Å². The zero-order valence-corrected chi connectivity index (χ0v) is 30.6. The molecule has 10 nitrogen and oxygen atoms in total. The zero-order valence-electron chi connectivity index (χ0n) is 29.8. The molecule has 5 N–H and O–H groups in total. The number of carbonyl (C=O) groups is 4. The van der Waals surface area contributed by atoms with Crippen LogP contribution in [0, 0.1) is 24.5 Å². The number of carbonyl (C=O) groups excluding carboxylic acids is 4. The monoisotopic (exact) mass is 734 g/mol. The van der Waals surface area contributed by atoms with Gasteiger partial charge in [-0.15, -0.1) is 0 Å². The molecule has 5 rings (SSSR count). The Bertz CT molecular complexity index is 1950. The fourth-order valence-electron chi connectivity index (χ4n) is 6.75. The third kappa shape index (κ3) is 8.61. The summed E-state index contributed by atoms with van der Waals surface area (Å²) in [6, 6.07) is 8.90. The molecule has 1 unspecified atom stereocenters. The van der Waals surface area contributed by atoms with Crippen LogP contribution in [0.5, 0.6) is 0 Å². The van der Waals surface area contributed by atoms with Gasteiger partial charge in [-0.25, -0.2) is 8.78 Å². The highest BCUT2D eigenvalue weighted by Crippen LogP contribution is 2.37. The number of nitrogens with one attached hydrogen (secondary N) is 5. The number of benzene rings is 2. The number of rotatable bonds is 14. The average molecular weight is 735 g/mol. The molecule has 1 aliphatic rings. The standard InChI is InChI=1S/C39H45ClF2N6O4/c1-5-8-31(45-32(49)17-25-10-7-9-23(4)33(25)42)36(50)48-39(14-11-30-28(20-39)27-18-26(41)19-29(40)35(27)46-30)38(52)47-34(22(3)6-2)37(51)44-21-24-12-15-43-16-13-24/h7,9-10,12-13,15-16,18-19,22,31,34,46H,5-6,8,11,14,17,20-21H2,1-4H3,(H,44,51)(H,45,49)(H,47,52)(H,48,50)/t22?,31-,34-,39+/m0/s1. The van der Waals surface area contributed by atoms with Gasteiger partial charge in [-0.3, -0.25) is 24.2 Å². The first kappa shape index (κ1) is 38.4. The summed E-state index contributed by atoms with van der Waals surface area (Å²) in [6.45, 7) is 7.46. The van der Waals surface area contributed by atoms with E-state index in [0.29, 0.717) is 41.3 Å². The Morgan fingerprint density at radius 3 is 2.50 bits per heavy atom. The van der Waals surface area contributed by atoms with Gasteiger partial charge >= 0.3 is 0 Å². The highest BCUT2D eigenvalue weighted by atomic mass is 35.5. The molecular weight excluding hydrogens is 690 g/mol. The minimum absolute atomic E-state index is 0.0349. The van der Waals surface area contributed by atoms with Crippen molar-refractivity contribution >= 4 is 46.1 Å². The smallest absolute Gasteiger partial charge is 0.246 e. The predicted octanol–water partition coefficient (Wildman–Crippen LogP) is 5.52. The molecule has 4 aromatic rings. The van der Waals surface area contributed by atoms with Crippen molar-refractivity contribution in [3.05, 3.63) is 99.5 Å². The van der Waals surface area contributed by atoms with Crippen molar-refractivity contribution in [2.24, 2.45) is 5.92 Å². The first-order valence-corrected chi connectivity index (χ1v) is 18.0. The lowest BCUT2D eigenvalue weighted by Crippen LogP contribution is -2.66. The van der Waals surface area contributed by atoms with Gasteiger partial charge in [0.1, 0.15) is 29.3 Å². The molecule has 2 aromatic carbocycles. The zero-order chi connectivity index (χ0) is 37.6. The van der Waals surface area contributed by atoms with Crippen LogP contribution in [0.3, 0.4) is 0 Å². The summed E-state index contributed by atoms with van der Waals surface area (Å²) >= 11 is 6.40. The van der Waals surface area contributed by atoms with E-state index in [0.717, 1.165) is 11.3 Å². The molecule has 1 aliphatic carbocycles.